The van der Waals surface area contributed by atoms with E-state index in [4.69, 9.17) is 8.53 Å². The zero-order chi connectivity index (χ0) is 30.5. The number of benzene rings is 4. The Balaban J connectivity index is 1.50. The van der Waals surface area contributed by atoms with Crippen LogP contribution in [0.15, 0.2) is 95.5 Å². The van der Waals surface area contributed by atoms with Crippen molar-refractivity contribution < 1.29 is 13.1 Å². The standard InChI is InChI=1S/C38H36NO/c1-23-16-18-27-26-12-8-11-15-34(26)40-36(27)35(23)33-21-28(24(2)22-39(33)7)25-17-19-31-32(20-25)38(5,6)30-14-10-9-13-29(30)37(31,3)4/h8-22H,1-7H3/q+1/i2D3. The van der Waals surface area contributed by atoms with Crippen LogP contribution in [-0.2, 0) is 17.9 Å². The summed E-state index contributed by atoms with van der Waals surface area (Å²) in [4.78, 5) is 0. The number of pyridine rings is 1. The van der Waals surface area contributed by atoms with E-state index in [-0.39, 0.29) is 10.8 Å². The van der Waals surface area contributed by atoms with Crippen molar-refractivity contribution in [2.75, 3.05) is 0 Å². The van der Waals surface area contributed by atoms with Crippen LogP contribution >= 0.6 is 0 Å². The van der Waals surface area contributed by atoms with E-state index in [0.717, 1.165) is 49.9 Å². The Labute approximate surface area is 241 Å². The van der Waals surface area contributed by atoms with Gasteiger partial charge < -0.3 is 4.42 Å². The summed E-state index contributed by atoms with van der Waals surface area (Å²) in [6.07, 6.45) is 1.78. The molecule has 2 heteroatoms. The fourth-order valence-electron chi connectivity index (χ4n) is 6.98. The second-order valence-electron chi connectivity index (χ2n) is 12.4. The molecule has 2 nitrogen and oxygen atoms in total. The van der Waals surface area contributed by atoms with Crippen LogP contribution < -0.4 is 4.57 Å². The van der Waals surface area contributed by atoms with E-state index in [1.54, 1.807) is 6.20 Å². The fraction of sp³-hybridized carbons (Fsp3) is 0.237. The topological polar surface area (TPSA) is 17.0 Å². The van der Waals surface area contributed by atoms with E-state index < -0.39 is 6.85 Å². The average molecular weight is 526 g/mol. The number of para-hydroxylation sites is 1. The lowest BCUT2D eigenvalue weighted by Crippen LogP contribution is -2.36. The third-order valence-electron chi connectivity index (χ3n) is 9.24. The molecular weight excluding hydrogens is 486 g/mol. The smallest absolute Gasteiger partial charge is 0.216 e. The Bertz CT molecular complexity index is 2100. The normalized spacial score (nSPS) is 16.7. The van der Waals surface area contributed by atoms with Gasteiger partial charge in [-0.2, -0.15) is 0 Å². The van der Waals surface area contributed by atoms with Crippen LogP contribution in [-0.4, -0.2) is 0 Å². The van der Waals surface area contributed by atoms with Crippen molar-refractivity contribution in [3.8, 4) is 22.4 Å². The molecule has 0 saturated carbocycles. The van der Waals surface area contributed by atoms with E-state index >= 15 is 0 Å². The van der Waals surface area contributed by atoms with Crippen molar-refractivity contribution in [1.29, 1.82) is 0 Å². The van der Waals surface area contributed by atoms with Crippen molar-refractivity contribution in [1.82, 2.24) is 0 Å². The summed E-state index contributed by atoms with van der Waals surface area (Å²) in [5.74, 6) is 0. The minimum absolute atomic E-state index is 0.171. The number of aromatic nitrogens is 1. The molecule has 0 amide bonds. The highest BCUT2D eigenvalue weighted by molar-refractivity contribution is 6.09. The maximum atomic E-state index is 8.51. The van der Waals surface area contributed by atoms with Crippen molar-refractivity contribution in [3.63, 3.8) is 0 Å². The molecule has 7 rings (SSSR count). The van der Waals surface area contributed by atoms with Crippen LogP contribution in [0.2, 0.25) is 0 Å². The van der Waals surface area contributed by atoms with Gasteiger partial charge in [0.05, 0.1) is 5.56 Å². The van der Waals surface area contributed by atoms with Crippen LogP contribution in [0.1, 0.15) is 65.2 Å². The maximum Gasteiger partial charge on any atom is 0.216 e. The molecule has 40 heavy (non-hydrogen) atoms. The molecule has 0 radical (unpaired) electrons. The summed E-state index contributed by atoms with van der Waals surface area (Å²) in [6.45, 7) is 8.91. The molecule has 2 heterocycles. The summed E-state index contributed by atoms with van der Waals surface area (Å²) < 4.78 is 33.9. The van der Waals surface area contributed by atoms with Gasteiger partial charge in [0.1, 0.15) is 18.2 Å². The molecule has 0 spiro atoms. The summed E-state index contributed by atoms with van der Waals surface area (Å²) >= 11 is 0. The monoisotopic (exact) mass is 525 g/mol. The number of fused-ring (bicyclic) bond motifs is 5. The summed E-state index contributed by atoms with van der Waals surface area (Å²) in [5.41, 5.74) is 11.3. The van der Waals surface area contributed by atoms with Crippen LogP contribution in [0.4, 0.5) is 0 Å². The summed E-state index contributed by atoms with van der Waals surface area (Å²) in [5, 5.41) is 2.12. The number of hydrogen-bond donors (Lipinski definition) is 0. The van der Waals surface area contributed by atoms with Gasteiger partial charge in [-0.05, 0) is 64.9 Å². The minimum atomic E-state index is -2.29. The molecular formula is C38H36NO+. The Kier molecular flexibility index (Phi) is 4.55. The lowest BCUT2D eigenvalue weighted by Gasteiger charge is -2.44. The molecule has 2 aromatic heterocycles. The minimum Gasteiger partial charge on any atom is -0.455 e. The number of rotatable bonds is 2. The van der Waals surface area contributed by atoms with Crippen molar-refractivity contribution in [2.45, 2.75) is 52.3 Å². The molecule has 0 fully saturated rings. The zero-order valence-electron chi connectivity index (χ0n) is 27.0. The van der Waals surface area contributed by atoms with E-state index in [0.29, 0.717) is 5.56 Å². The Morgan fingerprint density at radius 1 is 0.700 bits per heavy atom. The highest BCUT2D eigenvalue weighted by atomic mass is 16.3. The van der Waals surface area contributed by atoms with Crippen LogP contribution in [0.25, 0.3) is 44.3 Å². The molecule has 198 valence electrons. The third-order valence-corrected chi connectivity index (χ3v) is 9.24. The van der Waals surface area contributed by atoms with Crippen molar-refractivity contribution in [2.24, 2.45) is 7.05 Å². The fourth-order valence-corrected chi connectivity index (χ4v) is 6.98. The predicted octanol–water partition coefficient (Wildman–Crippen LogP) is 9.33. The first-order chi connectivity index (χ1) is 20.3. The van der Waals surface area contributed by atoms with Gasteiger partial charge in [0.2, 0.25) is 5.69 Å². The number of hydrogen-bond acceptors (Lipinski definition) is 1. The molecule has 0 unspecified atom stereocenters. The number of aryl methyl sites for hydroxylation is 3. The molecule has 0 N–H and O–H groups in total. The first-order valence-electron chi connectivity index (χ1n) is 15.5. The largest absolute Gasteiger partial charge is 0.455 e. The van der Waals surface area contributed by atoms with Crippen LogP contribution in [0.3, 0.4) is 0 Å². The molecule has 0 saturated heterocycles. The van der Waals surface area contributed by atoms with Crippen molar-refractivity contribution in [3.05, 3.63) is 125 Å². The predicted molar refractivity (Wildman–Crippen MR) is 166 cm³/mol. The summed E-state index contributed by atoms with van der Waals surface area (Å²) in [7, 11) is 1.92. The molecule has 0 aliphatic heterocycles. The lowest BCUT2D eigenvalue weighted by molar-refractivity contribution is -0.660. The molecule has 0 bridgehead atoms. The van der Waals surface area contributed by atoms with E-state index in [2.05, 4.69) is 95.3 Å². The van der Waals surface area contributed by atoms with Gasteiger partial charge in [-0.3, -0.25) is 0 Å². The Morgan fingerprint density at radius 2 is 1.38 bits per heavy atom. The van der Waals surface area contributed by atoms with Gasteiger partial charge >= 0.3 is 0 Å². The molecule has 1 aliphatic carbocycles. The van der Waals surface area contributed by atoms with Gasteiger partial charge in [-0.1, -0.05) is 94.4 Å². The Hall–Kier alpha value is -4.17. The third kappa shape index (κ3) is 3.38. The number of furan rings is 1. The first-order valence-corrected chi connectivity index (χ1v) is 14.0. The van der Waals surface area contributed by atoms with E-state index in [9.17, 15) is 0 Å². The molecule has 0 atom stereocenters. The second-order valence-corrected chi connectivity index (χ2v) is 12.4. The highest BCUT2D eigenvalue weighted by Gasteiger charge is 2.41. The quantitative estimate of drug-likeness (QED) is 0.206. The molecule has 1 aliphatic rings. The second kappa shape index (κ2) is 8.41. The van der Waals surface area contributed by atoms with Gasteiger partial charge in [-0.25, -0.2) is 4.57 Å². The van der Waals surface area contributed by atoms with Gasteiger partial charge in [-0.15, -0.1) is 0 Å². The van der Waals surface area contributed by atoms with Gasteiger partial charge in [0.25, 0.3) is 0 Å². The van der Waals surface area contributed by atoms with Gasteiger partial charge in [0.15, 0.2) is 6.20 Å². The van der Waals surface area contributed by atoms with E-state index in [1.807, 2.05) is 35.9 Å². The summed E-state index contributed by atoms with van der Waals surface area (Å²) in [6, 6.07) is 29.6. The Morgan fingerprint density at radius 3 is 2.12 bits per heavy atom. The first kappa shape index (κ1) is 21.6. The SMILES string of the molecule is [2H]C([2H])([2H])c1c[n+](C)c(-c2c(C)ccc3c2oc2ccccc23)cc1-c1ccc2c(c1)C(C)(C)c1ccccc1C2(C)C. The average Bonchev–Trinajstić information content (AvgIpc) is 3.34. The molecule has 6 aromatic rings. The van der Waals surface area contributed by atoms with Crippen molar-refractivity contribution >= 4 is 21.9 Å². The molecule has 4 aromatic carbocycles. The van der Waals surface area contributed by atoms with Gasteiger partial charge in [0, 0.05) is 37.3 Å². The van der Waals surface area contributed by atoms with Crippen LogP contribution in [0, 0.1) is 13.8 Å². The maximum absolute atomic E-state index is 8.51. The zero-order valence-corrected chi connectivity index (χ0v) is 24.0. The number of nitrogens with zero attached hydrogens (tertiary/aromatic N) is 1. The lowest BCUT2D eigenvalue weighted by atomic mass is 9.60. The highest BCUT2D eigenvalue weighted by Crippen LogP contribution is 2.50. The van der Waals surface area contributed by atoms with E-state index in [1.165, 1.54) is 22.3 Å². The van der Waals surface area contributed by atoms with Crippen LogP contribution in [0.5, 0.6) is 0 Å².